The van der Waals surface area contributed by atoms with Gasteiger partial charge in [0.2, 0.25) is 5.91 Å². The smallest absolute Gasteiger partial charge is 0.237 e. The molecule has 1 unspecified atom stereocenters. The van der Waals surface area contributed by atoms with Crippen LogP contribution in [0.25, 0.3) is 0 Å². The highest BCUT2D eigenvalue weighted by Crippen LogP contribution is 2.09. The van der Waals surface area contributed by atoms with Crippen LogP contribution in [0.1, 0.15) is 12.5 Å². The van der Waals surface area contributed by atoms with Gasteiger partial charge < -0.3 is 10.6 Å². The Bertz CT molecular complexity index is 475. The number of carbonyl (C=O) groups excluding carboxylic acids is 1. The molecule has 1 fully saturated rings. The maximum atomic E-state index is 13.1. The van der Waals surface area contributed by atoms with Gasteiger partial charge in [-0.05, 0) is 24.6 Å². The first-order valence-electron chi connectivity index (χ1n) is 6.74. The summed E-state index contributed by atoms with van der Waals surface area (Å²) in [5.74, 6) is -1.88. The number of rotatable bonds is 4. The van der Waals surface area contributed by atoms with Crippen molar-refractivity contribution < 1.29 is 13.6 Å². The van der Waals surface area contributed by atoms with Crippen molar-refractivity contribution in [2.75, 3.05) is 26.2 Å². The van der Waals surface area contributed by atoms with Crippen LogP contribution in [0.5, 0.6) is 0 Å². The number of halogens is 2. The van der Waals surface area contributed by atoms with E-state index in [4.69, 9.17) is 0 Å². The van der Waals surface area contributed by atoms with Crippen LogP contribution >= 0.6 is 0 Å². The Morgan fingerprint density at radius 1 is 1.35 bits per heavy atom. The van der Waals surface area contributed by atoms with Crippen LogP contribution in [-0.4, -0.2) is 43.0 Å². The van der Waals surface area contributed by atoms with Crippen molar-refractivity contribution >= 4 is 5.91 Å². The zero-order chi connectivity index (χ0) is 14.5. The summed E-state index contributed by atoms with van der Waals surface area (Å²) in [6.45, 7) is 5.47. The Labute approximate surface area is 117 Å². The second-order valence-electron chi connectivity index (χ2n) is 4.93. The van der Waals surface area contributed by atoms with Gasteiger partial charge >= 0.3 is 0 Å². The van der Waals surface area contributed by atoms with Crippen molar-refractivity contribution in [3.63, 3.8) is 0 Å². The summed E-state index contributed by atoms with van der Waals surface area (Å²) >= 11 is 0. The first kappa shape index (κ1) is 14.9. The standard InChI is InChI=1S/C14H19F2N3O/c1-10(19-6-4-17-5-7-19)14(20)18-9-11-2-3-12(15)13(16)8-11/h2-3,8,10,17H,4-7,9H2,1H3,(H,18,20). The van der Waals surface area contributed by atoms with Crippen LogP contribution < -0.4 is 10.6 Å². The van der Waals surface area contributed by atoms with Crippen LogP contribution in [0.15, 0.2) is 18.2 Å². The predicted molar refractivity (Wildman–Crippen MR) is 72.1 cm³/mol. The molecule has 1 aliphatic heterocycles. The second kappa shape index (κ2) is 6.76. The number of nitrogens with one attached hydrogen (secondary N) is 2. The van der Waals surface area contributed by atoms with E-state index >= 15 is 0 Å². The molecule has 1 heterocycles. The molecule has 1 aromatic rings. The molecule has 0 bridgehead atoms. The fraction of sp³-hybridized carbons (Fsp3) is 0.500. The van der Waals surface area contributed by atoms with E-state index in [2.05, 4.69) is 15.5 Å². The van der Waals surface area contributed by atoms with Gasteiger partial charge in [0.25, 0.3) is 0 Å². The lowest BCUT2D eigenvalue weighted by molar-refractivity contribution is -0.126. The monoisotopic (exact) mass is 283 g/mol. The van der Waals surface area contributed by atoms with E-state index in [0.717, 1.165) is 38.3 Å². The molecule has 1 amide bonds. The number of nitrogens with zero attached hydrogens (tertiary/aromatic N) is 1. The van der Waals surface area contributed by atoms with Crippen molar-refractivity contribution in [2.45, 2.75) is 19.5 Å². The molecule has 2 rings (SSSR count). The van der Waals surface area contributed by atoms with E-state index in [9.17, 15) is 13.6 Å². The molecule has 0 saturated carbocycles. The summed E-state index contributed by atoms with van der Waals surface area (Å²) in [4.78, 5) is 14.1. The fourth-order valence-electron chi connectivity index (χ4n) is 2.22. The van der Waals surface area contributed by atoms with E-state index in [-0.39, 0.29) is 18.5 Å². The predicted octanol–water partition coefficient (Wildman–Crippen LogP) is 0.875. The maximum absolute atomic E-state index is 13.1. The molecule has 1 aromatic carbocycles. The average molecular weight is 283 g/mol. The number of hydrogen-bond donors (Lipinski definition) is 2. The lowest BCUT2D eigenvalue weighted by Crippen LogP contribution is -2.52. The third kappa shape index (κ3) is 3.74. The number of piperazine rings is 1. The van der Waals surface area contributed by atoms with Crippen LogP contribution in [-0.2, 0) is 11.3 Å². The Morgan fingerprint density at radius 2 is 2.05 bits per heavy atom. The zero-order valence-corrected chi connectivity index (χ0v) is 11.5. The summed E-state index contributed by atoms with van der Waals surface area (Å²) < 4.78 is 25.8. The summed E-state index contributed by atoms with van der Waals surface area (Å²) in [7, 11) is 0. The average Bonchev–Trinajstić information content (AvgIpc) is 2.48. The summed E-state index contributed by atoms with van der Waals surface area (Å²) in [6.07, 6.45) is 0. The van der Waals surface area contributed by atoms with Crippen molar-refractivity contribution in [3.05, 3.63) is 35.4 Å². The molecule has 20 heavy (non-hydrogen) atoms. The van der Waals surface area contributed by atoms with Gasteiger partial charge in [0.1, 0.15) is 0 Å². The van der Waals surface area contributed by atoms with Crippen molar-refractivity contribution in [3.8, 4) is 0 Å². The maximum Gasteiger partial charge on any atom is 0.237 e. The van der Waals surface area contributed by atoms with Crippen molar-refractivity contribution in [1.29, 1.82) is 0 Å². The quantitative estimate of drug-likeness (QED) is 0.862. The summed E-state index contributed by atoms with van der Waals surface area (Å²) in [5.41, 5.74) is 0.546. The molecule has 0 spiro atoms. The minimum Gasteiger partial charge on any atom is -0.351 e. The highest BCUT2D eigenvalue weighted by molar-refractivity contribution is 5.81. The van der Waals surface area contributed by atoms with Gasteiger partial charge in [-0.3, -0.25) is 9.69 Å². The number of carbonyl (C=O) groups is 1. The Balaban J connectivity index is 1.86. The molecule has 1 atom stereocenters. The third-order valence-corrected chi connectivity index (χ3v) is 3.53. The van der Waals surface area contributed by atoms with Crippen LogP contribution in [0.3, 0.4) is 0 Å². The first-order chi connectivity index (χ1) is 9.58. The second-order valence-corrected chi connectivity index (χ2v) is 4.93. The normalized spacial score (nSPS) is 17.8. The van der Waals surface area contributed by atoms with Gasteiger partial charge in [-0.15, -0.1) is 0 Å². The number of hydrogen-bond acceptors (Lipinski definition) is 3. The Morgan fingerprint density at radius 3 is 2.70 bits per heavy atom. The Kier molecular flexibility index (Phi) is 5.03. The van der Waals surface area contributed by atoms with Gasteiger partial charge in [-0.2, -0.15) is 0 Å². The minimum absolute atomic E-state index is 0.100. The summed E-state index contributed by atoms with van der Waals surface area (Å²) in [5, 5.41) is 5.98. The first-order valence-corrected chi connectivity index (χ1v) is 6.74. The van der Waals surface area contributed by atoms with Crippen LogP contribution in [0.2, 0.25) is 0 Å². The van der Waals surface area contributed by atoms with Gasteiger partial charge in [-0.1, -0.05) is 6.07 Å². The van der Waals surface area contributed by atoms with Crippen LogP contribution in [0, 0.1) is 11.6 Å². The minimum atomic E-state index is -0.896. The third-order valence-electron chi connectivity index (χ3n) is 3.53. The van der Waals surface area contributed by atoms with Gasteiger partial charge in [0.15, 0.2) is 11.6 Å². The molecule has 1 aliphatic rings. The molecular weight excluding hydrogens is 264 g/mol. The molecule has 2 N–H and O–H groups in total. The van der Waals surface area contributed by atoms with E-state index in [0.29, 0.717) is 5.56 Å². The highest BCUT2D eigenvalue weighted by atomic mass is 19.2. The van der Waals surface area contributed by atoms with Gasteiger partial charge in [0.05, 0.1) is 6.04 Å². The van der Waals surface area contributed by atoms with E-state index in [1.807, 2.05) is 6.92 Å². The summed E-state index contributed by atoms with van der Waals surface area (Å²) in [6, 6.07) is 3.41. The molecule has 4 nitrogen and oxygen atoms in total. The SMILES string of the molecule is CC(C(=O)NCc1ccc(F)c(F)c1)N1CCNCC1. The zero-order valence-electron chi connectivity index (χ0n) is 11.5. The number of amides is 1. The number of benzene rings is 1. The molecule has 6 heteroatoms. The molecule has 0 aliphatic carbocycles. The molecular formula is C14H19F2N3O. The highest BCUT2D eigenvalue weighted by Gasteiger charge is 2.22. The van der Waals surface area contributed by atoms with E-state index in [1.54, 1.807) is 0 Å². The van der Waals surface area contributed by atoms with E-state index in [1.165, 1.54) is 6.07 Å². The topological polar surface area (TPSA) is 44.4 Å². The molecule has 0 radical (unpaired) electrons. The Hall–Kier alpha value is -1.53. The molecule has 110 valence electrons. The lowest BCUT2D eigenvalue weighted by Gasteiger charge is -2.31. The largest absolute Gasteiger partial charge is 0.351 e. The lowest BCUT2D eigenvalue weighted by atomic mass is 10.2. The van der Waals surface area contributed by atoms with Crippen LogP contribution in [0.4, 0.5) is 8.78 Å². The van der Waals surface area contributed by atoms with Crippen molar-refractivity contribution in [2.24, 2.45) is 0 Å². The van der Waals surface area contributed by atoms with Gasteiger partial charge in [-0.25, -0.2) is 8.78 Å². The van der Waals surface area contributed by atoms with Crippen molar-refractivity contribution in [1.82, 2.24) is 15.5 Å². The van der Waals surface area contributed by atoms with E-state index < -0.39 is 11.6 Å². The molecule has 0 aromatic heterocycles. The molecule has 1 saturated heterocycles. The van der Waals surface area contributed by atoms with Gasteiger partial charge in [0, 0.05) is 32.7 Å². The fourth-order valence-corrected chi connectivity index (χ4v) is 2.22.